The zero-order valence-corrected chi connectivity index (χ0v) is 16.9. The van der Waals surface area contributed by atoms with Crippen molar-refractivity contribution in [2.75, 3.05) is 6.61 Å². The highest BCUT2D eigenvalue weighted by Gasteiger charge is 2.29. The first-order valence-electron chi connectivity index (χ1n) is 10.2. The third-order valence-electron chi connectivity index (χ3n) is 4.58. The molecule has 1 aromatic rings. The third-order valence-corrected chi connectivity index (χ3v) is 4.58. The Morgan fingerprint density at radius 3 is 2.41 bits per heavy atom. The zero-order valence-electron chi connectivity index (χ0n) is 16.9. The fourth-order valence-electron chi connectivity index (χ4n) is 3.10. The molecule has 4 nitrogen and oxygen atoms in total. The van der Waals surface area contributed by atoms with E-state index in [0.29, 0.717) is 5.56 Å². The Morgan fingerprint density at radius 2 is 1.78 bits per heavy atom. The molecule has 0 aliphatic rings. The van der Waals surface area contributed by atoms with Crippen LogP contribution in [0.25, 0.3) is 0 Å². The van der Waals surface area contributed by atoms with Crippen molar-refractivity contribution < 1.29 is 15.0 Å². The van der Waals surface area contributed by atoms with Crippen molar-refractivity contribution in [2.45, 2.75) is 83.8 Å². The minimum absolute atomic E-state index is 0.0295. The van der Waals surface area contributed by atoms with Gasteiger partial charge in [-0.25, -0.2) is 0 Å². The van der Waals surface area contributed by atoms with Crippen molar-refractivity contribution in [1.29, 1.82) is 0 Å². The average Bonchev–Trinajstić information content (AvgIpc) is 2.63. The Hall–Kier alpha value is -1.83. The van der Waals surface area contributed by atoms with Crippen molar-refractivity contribution in [2.24, 2.45) is 0 Å². The number of carbonyl (C=O) groups is 1. The first-order valence-corrected chi connectivity index (χ1v) is 10.2. The fraction of sp³-hybridized carbons (Fsp3) is 0.609. The van der Waals surface area contributed by atoms with Crippen molar-refractivity contribution in [1.82, 2.24) is 5.32 Å². The predicted octanol–water partition coefficient (Wildman–Crippen LogP) is 4.23. The van der Waals surface area contributed by atoms with Crippen LogP contribution in [-0.4, -0.2) is 22.7 Å². The molecule has 1 unspecified atom stereocenters. The van der Waals surface area contributed by atoms with Gasteiger partial charge in [-0.3, -0.25) is 4.79 Å². The van der Waals surface area contributed by atoms with Gasteiger partial charge in [0.15, 0.2) is 5.72 Å². The normalized spacial score (nSPS) is 12.7. The second-order valence-electron chi connectivity index (χ2n) is 7.12. The van der Waals surface area contributed by atoms with Gasteiger partial charge < -0.3 is 15.5 Å². The molecule has 0 saturated carbocycles. The second-order valence-corrected chi connectivity index (χ2v) is 7.12. The molecule has 0 fully saturated rings. The van der Waals surface area contributed by atoms with E-state index in [1.807, 2.05) is 6.07 Å². The second kappa shape index (κ2) is 13.4. The number of benzene rings is 1. The fourth-order valence-corrected chi connectivity index (χ4v) is 3.10. The Morgan fingerprint density at radius 1 is 1.11 bits per heavy atom. The number of hydrogen-bond acceptors (Lipinski definition) is 3. The lowest BCUT2D eigenvalue weighted by molar-refractivity contribution is -0.128. The van der Waals surface area contributed by atoms with Crippen LogP contribution in [0.4, 0.5) is 0 Å². The van der Waals surface area contributed by atoms with E-state index >= 15 is 0 Å². The molecule has 1 amide bonds. The summed E-state index contributed by atoms with van der Waals surface area (Å²) in [5.41, 5.74) is -0.241. The van der Waals surface area contributed by atoms with Gasteiger partial charge in [-0.15, -0.1) is 0 Å². The standard InChI is InChI=1S/C23H35NO3/c1-3-4-5-6-7-8-9-10-11-12-14-21-15-13-16-22(19-21)23(27,17-18-25)24-20(2)26/h13,15-16,19,25,27H,3-11,17-18H2,1-2H3,(H,24,26). The summed E-state index contributed by atoms with van der Waals surface area (Å²) in [6, 6.07) is 7.19. The van der Waals surface area contributed by atoms with Gasteiger partial charge in [-0.05, 0) is 18.6 Å². The Labute approximate surface area is 164 Å². The summed E-state index contributed by atoms with van der Waals surface area (Å²) in [6.07, 6.45) is 11.2. The van der Waals surface area contributed by atoms with Gasteiger partial charge in [0.1, 0.15) is 0 Å². The van der Waals surface area contributed by atoms with Gasteiger partial charge in [-0.2, -0.15) is 0 Å². The number of aliphatic hydroxyl groups excluding tert-OH is 1. The first kappa shape index (κ1) is 23.2. The van der Waals surface area contributed by atoms with Crippen LogP contribution in [0.3, 0.4) is 0 Å². The van der Waals surface area contributed by atoms with Gasteiger partial charge in [0.25, 0.3) is 0 Å². The molecule has 0 aliphatic carbocycles. The topological polar surface area (TPSA) is 69.6 Å². The van der Waals surface area contributed by atoms with Crippen LogP contribution in [0.5, 0.6) is 0 Å². The molecule has 1 aromatic carbocycles. The van der Waals surface area contributed by atoms with Gasteiger partial charge in [-0.1, -0.05) is 75.8 Å². The van der Waals surface area contributed by atoms with Crippen LogP contribution in [0.2, 0.25) is 0 Å². The molecule has 0 aliphatic heterocycles. The smallest absolute Gasteiger partial charge is 0.219 e. The van der Waals surface area contributed by atoms with Crippen LogP contribution >= 0.6 is 0 Å². The summed E-state index contributed by atoms with van der Waals surface area (Å²) in [7, 11) is 0. The largest absolute Gasteiger partial charge is 0.396 e. The van der Waals surface area contributed by atoms with E-state index in [1.54, 1.807) is 18.2 Å². The molecule has 0 aromatic heterocycles. The van der Waals surface area contributed by atoms with E-state index < -0.39 is 5.72 Å². The molecular formula is C23H35NO3. The van der Waals surface area contributed by atoms with Gasteiger partial charge in [0, 0.05) is 37.5 Å². The molecule has 150 valence electrons. The highest BCUT2D eigenvalue weighted by atomic mass is 16.3. The van der Waals surface area contributed by atoms with Crippen LogP contribution in [-0.2, 0) is 10.5 Å². The number of amides is 1. The van der Waals surface area contributed by atoms with Crippen molar-refractivity contribution in [3.63, 3.8) is 0 Å². The van der Waals surface area contributed by atoms with Crippen molar-refractivity contribution in [3.05, 3.63) is 35.4 Å². The first-order chi connectivity index (χ1) is 13.0. The Balaban J connectivity index is 2.50. The average molecular weight is 374 g/mol. The van der Waals surface area contributed by atoms with Crippen LogP contribution in [0, 0.1) is 11.8 Å². The minimum atomic E-state index is -1.57. The number of rotatable bonds is 12. The summed E-state index contributed by atoms with van der Waals surface area (Å²) < 4.78 is 0. The van der Waals surface area contributed by atoms with Crippen LogP contribution in [0.1, 0.15) is 89.2 Å². The minimum Gasteiger partial charge on any atom is -0.396 e. The molecule has 1 atom stereocenters. The maximum atomic E-state index is 11.4. The van der Waals surface area contributed by atoms with Crippen molar-refractivity contribution >= 4 is 5.91 Å². The van der Waals surface area contributed by atoms with E-state index in [-0.39, 0.29) is 18.9 Å². The number of nitrogens with one attached hydrogen (secondary N) is 1. The van der Waals surface area contributed by atoms with Gasteiger partial charge >= 0.3 is 0 Å². The van der Waals surface area contributed by atoms with Crippen LogP contribution < -0.4 is 5.32 Å². The molecule has 0 bridgehead atoms. The molecule has 0 radical (unpaired) electrons. The van der Waals surface area contributed by atoms with Crippen LogP contribution in [0.15, 0.2) is 24.3 Å². The highest BCUT2D eigenvalue weighted by Crippen LogP contribution is 2.22. The van der Waals surface area contributed by atoms with Gasteiger partial charge in [0.05, 0.1) is 0 Å². The lowest BCUT2D eigenvalue weighted by atomic mass is 9.97. The summed E-state index contributed by atoms with van der Waals surface area (Å²) >= 11 is 0. The maximum absolute atomic E-state index is 11.4. The zero-order chi connectivity index (χ0) is 20.0. The highest BCUT2D eigenvalue weighted by molar-refractivity contribution is 5.73. The molecule has 0 spiro atoms. The number of aliphatic hydroxyl groups is 2. The molecular weight excluding hydrogens is 338 g/mol. The quantitative estimate of drug-likeness (QED) is 0.292. The molecule has 4 heteroatoms. The summed E-state index contributed by atoms with van der Waals surface area (Å²) in [4.78, 5) is 11.4. The molecule has 27 heavy (non-hydrogen) atoms. The monoisotopic (exact) mass is 373 g/mol. The number of unbranched alkanes of at least 4 members (excludes halogenated alkanes) is 8. The lowest BCUT2D eigenvalue weighted by Gasteiger charge is -2.28. The van der Waals surface area contributed by atoms with E-state index in [9.17, 15) is 15.0 Å². The number of hydrogen-bond donors (Lipinski definition) is 3. The number of carbonyl (C=O) groups excluding carboxylic acids is 1. The van der Waals surface area contributed by atoms with E-state index in [2.05, 4.69) is 24.1 Å². The molecule has 3 N–H and O–H groups in total. The van der Waals surface area contributed by atoms with E-state index in [4.69, 9.17) is 0 Å². The molecule has 0 heterocycles. The molecule has 0 saturated heterocycles. The van der Waals surface area contributed by atoms with E-state index in [1.165, 1.54) is 51.9 Å². The maximum Gasteiger partial charge on any atom is 0.219 e. The van der Waals surface area contributed by atoms with Gasteiger partial charge in [0.2, 0.25) is 5.91 Å². The predicted molar refractivity (Wildman–Crippen MR) is 110 cm³/mol. The summed E-state index contributed by atoms with van der Waals surface area (Å²) in [5, 5.41) is 22.4. The SMILES string of the molecule is CCCCCCCCCCC#Cc1cccc(C(O)(CCO)NC(C)=O)c1. The Kier molecular flexibility index (Phi) is 11.5. The molecule has 1 rings (SSSR count). The lowest BCUT2D eigenvalue weighted by Crippen LogP contribution is -2.45. The van der Waals surface area contributed by atoms with Crippen molar-refractivity contribution in [3.8, 4) is 11.8 Å². The summed E-state index contributed by atoms with van der Waals surface area (Å²) in [6.45, 7) is 3.35. The van der Waals surface area contributed by atoms with E-state index in [0.717, 1.165) is 18.4 Å². The Bertz CT molecular complexity index is 618. The summed E-state index contributed by atoms with van der Waals surface area (Å²) in [5.74, 6) is 5.98. The third kappa shape index (κ3) is 9.60.